The Labute approximate surface area is 84.0 Å². The quantitative estimate of drug-likeness (QED) is 0.659. The Kier molecular flexibility index (Phi) is 3.66. The van der Waals surface area contributed by atoms with Gasteiger partial charge in [-0.05, 0) is 26.4 Å². The molecule has 1 atom stereocenters. The Bertz CT molecular complexity index is 290. The first-order chi connectivity index (χ1) is 6.65. The van der Waals surface area contributed by atoms with E-state index in [-0.39, 0.29) is 18.2 Å². The van der Waals surface area contributed by atoms with Gasteiger partial charge in [0.1, 0.15) is 0 Å². The summed E-state index contributed by atoms with van der Waals surface area (Å²) in [5.74, 6) is 0.0257. The van der Waals surface area contributed by atoms with Gasteiger partial charge < -0.3 is 5.73 Å². The molecular formula is C10H15N3O. The van der Waals surface area contributed by atoms with Crippen molar-refractivity contribution in [1.82, 2.24) is 4.90 Å². The standard InChI is InChI=1S/C10H15N3O/c1-13-6-2-3-9(13)10(14)7-8(12)4-5-11/h7,9H,2-4,6,12H2,1H3/b8-7+. The first-order valence-electron chi connectivity index (χ1n) is 4.72. The van der Waals surface area contributed by atoms with Crippen molar-refractivity contribution >= 4 is 5.78 Å². The van der Waals surface area contributed by atoms with Crippen LogP contribution in [0.25, 0.3) is 0 Å². The lowest BCUT2D eigenvalue weighted by Crippen LogP contribution is -2.32. The van der Waals surface area contributed by atoms with E-state index in [4.69, 9.17) is 11.0 Å². The number of carbonyl (C=O) groups is 1. The highest BCUT2D eigenvalue weighted by Crippen LogP contribution is 2.16. The van der Waals surface area contributed by atoms with Crippen molar-refractivity contribution in [3.63, 3.8) is 0 Å². The van der Waals surface area contributed by atoms with Crippen molar-refractivity contribution < 1.29 is 4.79 Å². The van der Waals surface area contributed by atoms with E-state index < -0.39 is 0 Å². The number of nitrogens with zero attached hydrogens (tertiary/aromatic N) is 2. The van der Waals surface area contributed by atoms with Gasteiger partial charge in [-0.15, -0.1) is 0 Å². The summed E-state index contributed by atoms with van der Waals surface area (Å²) in [6.45, 7) is 0.961. The van der Waals surface area contributed by atoms with Gasteiger partial charge in [0.05, 0.1) is 18.5 Å². The molecule has 1 aliphatic rings. The normalized spacial score (nSPS) is 23.4. The third kappa shape index (κ3) is 2.57. The lowest BCUT2D eigenvalue weighted by atomic mass is 10.1. The van der Waals surface area contributed by atoms with Crippen LogP contribution in [0, 0.1) is 11.3 Å². The molecule has 0 saturated carbocycles. The van der Waals surface area contributed by atoms with Crippen LogP contribution in [0.2, 0.25) is 0 Å². The molecule has 0 radical (unpaired) electrons. The van der Waals surface area contributed by atoms with Crippen LogP contribution < -0.4 is 5.73 Å². The lowest BCUT2D eigenvalue weighted by Gasteiger charge is -2.16. The van der Waals surface area contributed by atoms with Gasteiger partial charge in [0, 0.05) is 11.8 Å². The number of carbonyl (C=O) groups excluding carboxylic acids is 1. The number of likely N-dealkylation sites (tertiary alicyclic amines) is 1. The lowest BCUT2D eigenvalue weighted by molar-refractivity contribution is -0.118. The van der Waals surface area contributed by atoms with Crippen molar-refractivity contribution in [3.05, 3.63) is 11.8 Å². The largest absolute Gasteiger partial charge is 0.401 e. The zero-order chi connectivity index (χ0) is 10.6. The number of hydrogen-bond acceptors (Lipinski definition) is 4. The van der Waals surface area contributed by atoms with Gasteiger partial charge in [-0.3, -0.25) is 9.69 Å². The molecule has 1 unspecified atom stereocenters. The number of likely N-dealkylation sites (N-methyl/N-ethyl adjacent to an activating group) is 1. The van der Waals surface area contributed by atoms with Gasteiger partial charge in [-0.25, -0.2) is 0 Å². The minimum absolute atomic E-state index is 0.0257. The first-order valence-corrected chi connectivity index (χ1v) is 4.72. The van der Waals surface area contributed by atoms with Crippen molar-refractivity contribution in [2.24, 2.45) is 5.73 Å². The molecule has 76 valence electrons. The summed E-state index contributed by atoms with van der Waals surface area (Å²) in [5.41, 5.74) is 5.86. The molecule has 14 heavy (non-hydrogen) atoms. The van der Waals surface area contributed by atoms with Crippen LogP contribution in [0.4, 0.5) is 0 Å². The molecule has 2 N–H and O–H groups in total. The topological polar surface area (TPSA) is 70.1 Å². The fourth-order valence-corrected chi connectivity index (χ4v) is 1.69. The van der Waals surface area contributed by atoms with E-state index in [2.05, 4.69) is 0 Å². The Morgan fingerprint density at radius 1 is 1.79 bits per heavy atom. The second kappa shape index (κ2) is 4.77. The molecular weight excluding hydrogens is 178 g/mol. The van der Waals surface area contributed by atoms with Gasteiger partial charge in [0.2, 0.25) is 0 Å². The summed E-state index contributed by atoms with van der Waals surface area (Å²) in [5, 5.41) is 8.37. The maximum atomic E-state index is 11.6. The maximum Gasteiger partial charge on any atom is 0.174 e. The van der Waals surface area contributed by atoms with Gasteiger partial charge in [-0.1, -0.05) is 0 Å². The van der Waals surface area contributed by atoms with Crippen molar-refractivity contribution in [2.45, 2.75) is 25.3 Å². The van der Waals surface area contributed by atoms with Crippen LogP contribution in [0.5, 0.6) is 0 Å². The number of hydrogen-bond donors (Lipinski definition) is 1. The third-order valence-electron chi connectivity index (χ3n) is 2.46. The van der Waals surface area contributed by atoms with E-state index in [1.54, 1.807) is 0 Å². The summed E-state index contributed by atoms with van der Waals surface area (Å²) in [7, 11) is 1.93. The highest BCUT2D eigenvalue weighted by molar-refractivity contribution is 5.94. The average molecular weight is 193 g/mol. The smallest absolute Gasteiger partial charge is 0.174 e. The summed E-state index contributed by atoms with van der Waals surface area (Å²) in [6.07, 6.45) is 3.47. The third-order valence-corrected chi connectivity index (χ3v) is 2.46. The summed E-state index contributed by atoms with van der Waals surface area (Å²) in [6, 6.07) is 1.88. The maximum absolute atomic E-state index is 11.6. The molecule has 0 spiro atoms. The molecule has 0 amide bonds. The molecule has 1 heterocycles. The van der Waals surface area contributed by atoms with Crippen LogP contribution >= 0.6 is 0 Å². The Morgan fingerprint density at radius 3 is 3.00 bits per heavy atom. The Balaban J connectivity index is 2.58. The summed E-state index contributed by atoms with van der Waals surface area (Å²) >= 11 is 0. The zero-order valence-electron chi connectivity index (χ0n) is 8.36. The van der Waals surface area contributed by atoms with E-state index in [1.165, 1.54) is 6.08 Å². The first kappa shape index (κ1) is 10.7. The minimum Gasteiger partial charge on any atom is -0.401 e. The Morgan fingerprint density at radius 2 is 2.50 bits per heavy atom. The van der Waals surface area contributed by atoms with Crippen LogP contribution in [0.15, 0.2) is 11.8 Å². The van der Waals surface area contributed by atoms with Gasteiger partial charge in [0.15, 0.2) is 5.78 Å². The number of ketones is 1. The zero-order valence-corrected chi connectivity index (χ0v) is 8.36. The number of nitrogens with two attached hydrogens (primary N) is 1. The Hall–Kier alpha value is -1.34. The predicted octanol–water partition coefficient (Wildman–Crippen LogP) is 0.406. The molecule has 4 heteroatoms. The molecule has 0 aliphatic carbocycles. The molecule has 1 fully saturated rings. The van der Waals surface area contributed by atoms with Gasteiger partial charge in [-0.2, -0.15) is 5.26 Å². The van der Waals surface area contributed by atoms with Crippen LogP contribution in [-0.4, -0.2) is 30.3 Å². The van der Waals surface area contributed by atoms with E-state index in [9.17, 15) is 4.79 Å². The van der Waals surface area contributed by atoms with E-state index >= 15 is 0 Å². The van der Waals surface area contributed by atoms with Crippen LogP contribution in [0.3, 0.4) is 0 Å². The summed E-state index contributed by atoms with van der Waals surface area (Å²) in [4.78, 5) is 13.7. The molecule has 0 aromatic rings. The monoisotopic (exact) mass is 193 g/mol. The fraction of sp³-hybridized carbons (Fsp3) is 0.600. The van der Waals surface area contributed by atoms with Gasteiger partial charge in [0.25, 0.3) is 0 Å². The molecule has 1 saturated heterocycles. The molecule has 0 aromatic carbocycles. The number of allylic oxidation sites excluding steroid dienone is 1. The predicted molar refractivity (Wildman–Crippen MR) is 53.2 cm³/mol. The molecule has 4 nitrogen and oxygen atoms in total. The highest BCUT2D eigenvalue weighted by atomic mass is 16.1. The van der Waals surface area contributed by atoms with E-state index in [1.807, 2.05) is 18.0 Å². The molecule has 1 rings (SSSR count). The molecule has 1 aliphatic heterocycles. The minimum atomic E-state index is -0.0350. The molecule has 0 bridgehead atoms. The van der Waals surface area contributed by atoms with Crippen LogP contribution in [-0.2, 0) is 4.79 Å². The SMILES string of the molecule is CN1CCCC1C(=O)/C=C(/N)CC#N. The second-order valence-corrected chi connectivity index (χ2v) is 3.60. The number of nitriles is 1. The van der Waals surface area contributed by atoms with Gasteiger partial charge >= 0.3 is 0 Å². The van der Waals surface area contributed by atoms with Crippen molar-refractivity contribution in [3.8, 4) is 6.07 Å². The second-order valence-electron chi connectivity index (χ2n) is 3.60. The number of rotatable bonds is 3. The molecule has 0 aromatic heterocycles. The van der Waals surface area contributed by atoms with Crippen molar-refractivity contribution in [1.29, 1.82) is 5.26 Å². The van der Waals surface area contributed by atoms with Crippen LogP contribution in [0.1, 0.15) is 19.3 Å². The fourth-order valence-electron chi connectivity index (χ4n) is 1.69. The van der Waals surface area contributed by atoms with E-state index in [0.717, 1.165) is 19.4 Å². The average Bonchev–Trinajstić information content (AvgIpc) is 2.51. The summed E-state index contributed by atoms with van der Waals surface area (Å²) < 4.78 is 0. The van der Waals surface area contributed by atoms with Crippen molar-refractivity contribution in [2.75, 3.05) is 13.6 Å². The van der Waals surface area contributed by atoms with E-state index in [0.29, 0.717) is 5.70 Å². The highest BCUT2D eigenvalue weighted by Gasteiger charge is 2.26.